The maximum atomic E-state index is 3.66. The second kappa shape index (κ2) is 6.49. The lowest BCUT2D eigenvalue weighted by atomic mass is 9.98. The number of para-hydroxylation sites is 1. The number of rotatable bonds is 1. The van der Waals surface area contributed by atoms with Crippen molar-refractivity contribution in [2.75, 3.05) is 0 Å². The van der Waals surface area contributed by atoms with Crippen LogP contribution in [0.25, 0.3) is 76.3 Å². The number of H-pyrrole nitrogens is 2. The van der Waals surface area contributed by atoms with Crippen LogP contribution < -0.4 is 0 Å². The highest BCUT2D eigenvalue weighted by Crippen LogP contribution is 2.35. The summed E-state index contributed by atoms with van der Waals surface area (Å²) >= 11 is 0. The monoisotopic (exact) mass is 432 g/mol. The van der Waals surface area contributed by atoms with E-state index in [0.29, 0.717) is 0 Å². The molecule has 0 aliphatic heterocycles. The van der Waals surface area contributed by atoms with Gasteiger partial charge in [0.1, 0.15) is 0 Å². The van der Waals surface area contributed by atoms with Crippen LogP contribution in [0.4, 0.5) is 0 Å². The summed E-state index contributed by atoms with van der Waals surface area (Å²) in [6, 6.07) is 39.7. The van der Waals surface area contributed by atoms with Gasteiger partial charge in [0.2, 0.25) is 0 Å². The van der Waals surface area contributed by atoms with Gasteiger partial charge >= 0.3 is 0 Å². The first kappa shape index (κ1) is 17.9. The molecule has 0 amide bonds. The molecular formula is C32H20N2. The molecule has 0 aliphatic carbocycles. The van der Waals surface area contributed by atoms with Crippen LogP contribution in [-0.2, 0) is 0 Å². The highest BCUT2D eigenvalue weighted by molar-refractivity contribution is 6.17. The predicted molar refractivity (Wildman–Crippen MR) is 146 cm³/mol. The lowest BCUT2D eigenvalue weighted by Gasteiger charge is -2.06. The van der Waals surface area contributed by atoms with E-state index in [-0.39, 0.29) is 0 Å². The van der Waals surface area contributed by atoms with E-state index >= 15 is 0 Å². The van der Waals surface area contributed by atoms with E-state index in [1.54, 1.807) is 0 Å². The van der Waals surface area contributed by atoms with Crippen LogP contribution in [0, 0.1) is 0 Å². The molecule has 0 aliphatic rings. The maximum Gasteiger partial charge on any atom is 0.0544 e. The average Bonchev–Trinajstić information content (AvgIpc) is 3.44. The number of aromatic amines is 2. The third kappa shape index (κ3) is 2.45. The molecule has 158 valence electrons. The SMILES string of the molecule is c1ccc2c(c1)ccc1c3cc(-c4ccc5cc6[nH]c7ccccc7c6cc5c4)ccc3[nH]c21. The molecule has 8 rings (SSSR count). The molecule has 34 heavy (non-hydrogen) atoms. The van der Waals surface area contributed by atoms with Crippen LogP contribution in [0.15, 0.2) is 109 Å². The first-order valence-electron chi connectivity index (χ1n) is 11.7. The Hall–Kier alpha value is -4.56. The number of hydrogen-bond donors (Lipinski definition) is 2. The fourth-order valence-electron chi connectivity index (χ4n) is 5.60. The van der Waals surface area contributed by atoms with E-state index in [4.69, 9.17) is 0 Å². The summed E-state index contributed by atoms with van der Waals surface area (Å²) in [7, 11) is 0. The van der Waals surface area contributed by atoms with Crippen LogP contribution in [0.1, 0.15) is 0 Å². The van der Waals surface area contributed by atoms with Crippen molar-refractivity contribution in [2.24, 2.45) is 0 Å². The standard InChI is InChI=1S/C32H20N2/c1-2-6-24-19(5-1)11-13-26-28-16-21(12-14-30(28)34-32(24)26)20-9-10-22-18-31-27(17-23(22)15-20)25-7-3-4-8-29(25)33-31/h1-18,33-34H. The zero-order chi connectivity index (χ0) is 22.2. The molecule has 6 aromatic carbocycles. The molecule has 2 N–H and O–H groups in total. The zero-order valence-corrected chi connectivity index (χ0v) is 18.4. The summed E-state index contributed by atoms with van der Waals surface area (Å²) in [6.45, 7) is 0. The van der Waals surface area contributed by atoms with Crippen molar-refractivity contribution in [1.82, 2.24) is 9.97 Å². The van der Waals surface area contributed by atoms with Gasteiger partial charge in [-0.15, -0.1) is 0 Å². The molecule has 0 saturated carbocycles. The molecule has 0 radical (unpaired) electrons. The Morgan fingerprint density at radius 3 is 2.06 bits per heavy atom. The lowest BCUT2D eigenvalue weighted by molar-refractivity contribution is 1.55. The van der Waals surface area contributed by atoms with Crippen LogP contribution >= 0.6 is 0 Å². The van der Waals surface area contributed by atoms with Gasteiger partial charge in [-0.1, -0.05) is 72.8 Å². The molecule has 0 bridgehead atoms. The molecule has 2 nitrogen and oxygen atoms in total. The van der Waals surface area contributed by atoms with Gasteiger partial charge in [0.25, 0.3) is 0 Å². The van der Waals surface area contributed by atoms with Crippen molar-refractivity contribution in [3.63, 3.8) is 0 Å². The molecule has 2 aromatic heterocycles. The van der Waals surface area contributed by atoms with Crippen molar-refractivity contribution in [1.29, 1.82) is 0 Å². The van der Waals surface area contributed by atoms with Gasteiger partial charge in [-0.3, -0.25) is 0 Å². The summed E-state index contributed by atoms with van der Waals surface area (Å²) < 4.78 is 0. The van der Waals surface area contributed by atoms with Gasteiger partial charge in [-0.05, 0) is 63.7 Å². The number of aromatic nitrogens is 2. The molecule has 2 heterocycles. The van der Waals surface area contributed by atoms with E-state index in [0.717, 1.165) is 0 Å². The van der Waals surface area contributed by atoms with Crippen molar-refractivity contribution in [2.45, 2.75) is 0 Å². The molecule has 0 saturated heterocycles. The maximum absolute atomic E-state index is 3.66. The van der Waals surface area contributed by atoms with E-state index in [1.165, 1.54) is 76.3 Å². The van der Waals surface area contributed by atoms with Crippen LogP contribution in [0.2, 0.25) is 0 Å². The Labute approximate surface area is 195 Å². The lowest BCUT2D eigenvalue weighted by Crippen LogP contribution is -1.80. The Bertz CT molecular complexity index is 2070. The fourth-order valence-corrected chi connectivity index (χ4v) is 5.60. The summed E-state index contributed by atoms with van der Waals surface area (Å²) in [4.78, 5) is 7.22. The van der Waals surface area contributed by atoms with E-state index in [9.17, 15) is 0 Å². The second-order valence-electron chi connectivity index (χ2n) is 9.22. The minimum Gasteiger partial charge on any atom is -0.354 e. The van der Waals surface area contributed by atoms with E-state index in [1.807, 2.05) is 0 Å². The summed E-state index contributed by atoms with van der Waals surface area (Å²) in [5.41, 5.74) is 7.24. The smallest absolute Gasteiger partial charge is 0.0544 e. The molecule has 0 fully saturated rings. The highest BCUT2D eigenvalue weighted by atomic mass is 14.7. The van der Waals surface area contributed by atoms with Crippen molar-refractivity contribution in [3.05, 3.63) is 109 Å². The zero-order valence-electron chi connectivity index (χ0n) is 18.4. The number of benzene rings is 6. The Kier molecular flexibility index (Phi) is 3.42. The van der Waals surface area contributed by atoms with Crippen LogP contribution in [0.3, 0.4) is 0 Å². The molecule has 0 unspecified atom stereocenters. The number of fused-ring (bicyclic) bond motifs is 9. The van der Waals surface area contributed by atoms with Crippen molar-refractivity contribution >= 4 is 65.2 Å². The third-order valence-electron chi connectivity index (χ3n) is 7.29. The Balaban J connectivity index is 1.34. The topological polar surface area (TPSA) is 31.6 Å². The van der Waals surface area contributed by atoms with Crippen LogP contribution in [-0.4, -0.2) is 9.97 Å². The fraction of sp³-hybridized carbons (Fsp3) is 0. The molecule has 8 aromatic rings. The minimum atomic E-state index is 1.18. The molecular weight excluding hydrogens is 412 g/mol. The largest absolute Gasteiger partial charge is 0.354 e. The normalized spacial score (nSPS) is 12.1. The van der Waals surface area contributed by atoms with Gasteiger partial charge in [0.15, 0.2) is 0 Å². The van der Waals surface area contributed by atoms with E-state index < -0.39 is 0 Å². The third-order valence-corrected chi connectivity index (χ3v) is 7.29. The quantitative estimate of drug-likeness (QED) is 0.259. The van der Waals surface area contributed by atoms with Gasteiger partial charge in [-0.25, -0.2) is 0 Å². The molecule has 0 atom stereocenters. The van der Waals surface area contributed by atoms with Crippen molar-refractivity contribution in [3.8, 4) is 11.1 Å². The van der Waals surface area contributed by atoms with Crippen molar-refractivity contribution < 1.29 is 0 Å². The Morgan fingerprint density at radius 2 is 1.09 bits per heavy atom. The summed E-state index contributed by atoms with van der Waals surface area (Å²) in [5.74, 6) is 0. The van der Waals surface area contributed by atoms with Gasteiger partial charge < -0.3 is 9.97 Å². The average molecular weight is 433 g/mol. The molecule has 2 heteroatoms. The summed E-state index contributed by atoms with van der Waals surface area (Å²) in [5, 5.41) is 10.1. The van der Waals surface area contributed by atoms with Crippen LogP contribution in [0.5, 0.6) is 0 Å². The summed E-state index contributed by atoms with van der Waals surface area (Å²) in [6.07, 6.45) is 0. The first-order valence-corrected chi connectivity index (χ1v) is 11.7. The number of nitrogens with one attached hydrogen (secondary N) is 2. The van der Waals surface area contributed by atoms with Gasteiger partial charge in [0, 0.05) is 43.5 Å². The first-order chi connectivity index (χ1) is 16.8. The predicted octanol–water partition coefficient (Wildman–Crippen LogP) is 8.93. The highest BCUT2D eigenvalue weighted by Gasteiger charge is 2.10. The second-order valence-corrected chi connectivity index (χ2v) is 9.22. The minimum absolute atomic E-state index is 1.18. The number of hydrogen-bond acceptors (Lipinski definition) is 0. The van der Waals surface area contributed by atoms with E-state index in [2.05, 4.69) is 119 Å². The van der Waals surface area contributed by atoms with Gasteiger partial charge in [-0.2, -0.15) is 0 Å². The Morgan fingerprint density at radius 1 is 0.353 bits per heavy atom. The van der Waals surface area contributed by atoms with Gasteiger partial charge in [0.05, 0.1) is 5.52 Å². The molecule has 0 spiro atoms.